The highest BCUT2D eigenvalue weighted by atomic mass is 16.5. The number of piperazine rings is 1. The van der Waals surface area contributed by atoms with Gasteiger partial charge in [0.05, 0.1) is 17.4 Å². The summed E-state index contributed by atoms with van der Waals surface area (Å²) in [6.45, 7) is 2.05. The van der Waals surface area contributed by atoms with Crippen molar-refractivity contribution >= 4 is 22.8 Å². The van der Waals surface area contributed by atoms with Gasteiger partial charge >= 0.3 is 0 Å². The summed E-state index contributed by atoms with van der Waals surface area (Å²) in [6, 6.07) is 14.7. The lowest BCUT2D eigenvalue weighted by Crippen LogP contribution is -2.51. The van der Waals surface area contributed by atoms with Crippen LogP contribution in [0.5, 0.6) is 5.75 Å². The highest BCUT2D eigenvalue weighted by molar-refractivity contribution is 5.97. The summed E-state index contributed by atoms with van der Waals surface area (Å²) in [5.74, 6) is 0.581. The van der Waals surface area contributed by atoms with E-state index in [2.05, 4.69) is 9.97 Å². The molecule has 0 aliphatic carbocycles. The smallest absolute Gasteiger partial charge is 0.260 e. The number of para-hydroxylation sites is 1. The van der Waals surface area contributed by atoms with Crippen molar-refractivity contribution in [3.63, 3.8) is 0 Å². The normalized spacial score (nSPS) is 14.4. The van der Waals surface area contributed by atoms with E-state index in [0.717, 1.165) is 11.0 Å². The molecule has 138 valence electrons. The van der Waals surface area contributed by atoms with Gasteiger partial charge in [-0.25, -0.2) is 4.98 Å². The minimum absolute atomic E-state index is 0.00838. The van der Waals surface area contributed by atoms with Gasteiger partial charge in [0.15, 0.2) is 6.61 Å². The lowest BCUT2D eigenvalue weighted by Gasteiger charge is -2.34. The van der Waals surface area contributed by atoms with Crippen LogP contribution in [0.15, 0.2) is 54.9 Å². The van der Waals surface area contributed by atoms with Crippen LogP contribution in [0, 0.1) is 0 Å². The maximum absolute atomic E-state index is 12.7. The van der Waals surface area contributed by atoms with Gasteiger partial charge in [-0.05, 0) is 30.3 Å². The standard InChI is InChI=1S/C20H20N4O3/c25-19(13-27-16-4-2-1-3-5-16)23-8-10-24(11-9-23)20(26)15-6-7-17-18(12-15)22-14-21-17/h1-7,12,14H,8-11,13H2,(H,21,22). The van der Waals surface area contributed by atoms with Crippen molar-refractivity contribution < 1.29 is 14.3 Å². The van der Waals surface area contributed by atoms with Crippen LogP contribution in [0.4, 0.5) is 0 Å². The number of aromatic nitrogens is 2. The minimum Gasteiger partial charge on any atom is -0.484 e. The van der Waals surface area contributed by atoms with Gasteiger partial charge in [0, 0.05) is 31.7 Å². The molecular weight excluding hydrogens is 344 g/mol. The third-order valence-corrected chi connectivity index (χ3v) is 4.69. The van der Waals surface area contributed by atoms with Crippen molar-refractivity contribution in [3.8, 4) is 5.75 Å². The molecule has 27 heavy (non-hydrogen) atoms. The number of ether oxygens (including phenoxy) is 1. The van der Waals surface area contributed by atoms with Crippen LogP contribution >= 0.6 is 0 Å². The molecule has 1 aromatic heterocycles. The quantitative estimate of drug-likeness (QED) is 0.767. The zero-order valence-electron chi connectivity index (χ0n) is 14.8. The molecule has 4 rings (SSSR count). The Morgan fingerprint density at radius 2 is 1.74 bits per heavy atom. The third-order valence-electron chi connectivity index (χ3n) is 4.69. The van der Waals surface area contributed by atoms with Gasteiger partial charge in [-0.15, -0.1) is 0 Å². The summed E-state index contributed by atoms with van der Waals surface area (Å²) < 4.78 is 5.52. The number of aromatic amines is 1. The first-order valence-electron chi connectivity index (χ1n) is 8.89. The molecule has 1 fully saturated rings. The average molecular weight is 364 g/mol. The van der Waals surface area contributed by atoms with E-state index >= 15 is 0 Å². The molecule has 0 atom stereocenters. The Bertz CT molecular complexity index is 946. The predicted molar refractivity (Wildman–Crippen MR) is 101 cm³/mol. The lowest BCUT2D eigenvalue weighted by atomic mass is 10.1. The molecule has 1 aliphatic heterocycles. The topological polar surface area (TPSA) is 78.5 Å². The molecule has 1 N–H and O–H groups in total. The second-order valence-electron chi connectivity index (χ2n) is 6.41. The van der Waals surface area contributed by atoms with E-state index in [0.29, 0.717) is 37.5 Å². The van der Waals surface area contributed by atoms with E-state index in [1.54, 1.807) is 22.2 Å². The number of carbonyl (C=O) groups excluding carboxylic acids is 2. The molecule has 0 radical (unpaired) electrons. The first-order chi connectivity index (χ1) is 13.2. The molecule has 1 saturated heterocycles. The Kier molecular flexibility index (Phi) is 4.74. The van der Waals surface area contributed by atoms with Crippen molar-refractivity contribution in [2.75, 3.05) is 32.8 Å². The zero-order chi connectivity index (χ0) is 18.6. The van der Waals surface area contributed by atoms with Crippen molar-refractivity contribution in [2.24, 2.45) is 0 Å². The second kappa shape index (κ2) is 7.49. The Hall–Kier alpha value is -3.35. The van der Waals surface area contributed by atoms with Crippen LogP contribution in [0.1, 0.15) is 10.4 Å². The molecule has 2 heterocycles. The van der Waals surface area contributed by atoms with Gasteiger partial charge in [-0.1, -0.05) is 18.2 Å². The van der Waals surface area contributed by atoms with Crippen LogP contribution in [0.25, 0.3) is 11.0 Å². The summed E-state index contributed by atoms with van der Waals surface area (Å²) in [5, 5.41) is 0. The molecule has 0 unspecified atom stereocenters. The number of imidazole rings is 1. The zero-order valence-corrected chi connectivity index (χ0v) is 14.8. The van der Waals surface area contributed by atoms with Crippen molar-refractivity contribution in [3.05, 3.63) is 60.4 Å². The van der Waals surface area contributed by atoms with Crippen LogP contribution < -0.4 is 4.74 Å². The summed E-state index contributed by atoms with van der Waals surface area (Å²) in [6.07, 6.45) is 1.61. The van der Waals surface area contributed by atoms with Crippen LogP contribution in [-0.4, -0.2) is 64.4 Å². The molecular formula is C20H20N4O3. The maximum Gasteiger partial charge on any atom is 0.260 e. The van der Waals surface area contributed by atoms with Gasteiger partial charge in [0.2, 0.25) is 0 Å². The molecule has 0 bridgehead atoms. The third kappa shape index (κ3) is 3.76. The van der Waals surface area contributed by atoms with Crippen LogP contribution in [-0.2, 0) is 4.79 Å². The fraction of sp³-hybridized carbons (Fsp3) is 0.250. The Morgan fingerprint density at radius 1 is 1.00 bits per heavy atom. The number of benzene rings is 2. The Morgan fingerprint density at radius 3 is 2.52 bits per heavy atom. The summed E-state index contributed by atoms with van der Waals surface area (Å²) in [4.78, 5) is 35.7. The number of nitrogens with zero attached hydrogens (tertiary/aromatic N) is 3. The number of nitrogens with one attached hydrogen (secondary N) is 1. The molecule has 0 spiro atoms. The highest BCUT2D eigenvalue weighted by Gasteiger charge is 2.25. The van der Waals surface area contributed by atoms with Crippen molar-refractivity contribution in [1.82, 2.24) is 19.8 Å². The number of amides is 2. The molecule has 0 saturated carbocycles. The molecule has 1 aliphatic rings. The van der Waals surface area contributed by atoms with E-state index in [-0.39, 0.29) is 18.4 Å². The number of fused-ring (bicyclic) bond motifs is 1. The largest absolute Gasteiger partial charge is 0.484 e. The number of rotatable bonds is 4. The molecule has 2 aromatic carbocycles. The van der Waals surface area contributed by atoms with Crippen molar-refractivity contribution in [2.45, 2.75) is 0 Å². The first kappa shape index (κ1) is 17.1. The first-order valence-corrected chi connectivity index (χ1v) is 8.89. The number of H-pyrrole nitrogens is 1. The average Bonchev–Trinajstić information content (AvgIpc) is 3.20. The van der Waals surface area contributed by atoms with Gasteiger partial charge in [0.1, 0.15) is 5.75 Å². The molecule has 3 aromatic rings. The van der Waals surface area contributed by atoms with Crippen LogP contribution in [0.2, 0.25) is 0 Å². The SMILES string of the molecule is O=C(COc1ccccc1)N1CCN(C(=O)c2ccc3nc[nH]c3c2)CC1. The summed E-state index contributed by atoms with van der Waals surface area (Å²) in [5.41, 5.74) is 2.30. The van der Waals surface area contributed by atoms with Gasteiger partial charge in [-0.2, -0.15) is 0 Å². The summed E-state index contributed by atoms with van der Waals surface area (Å²) in [7, 11) is 0. The fourth-order valence-electron chi connectivity index (χ4n) is 3.16. The fourth-order valence-corrected chi connectivity index (χ4v) is 3.16. The van der Waals surface area contributed by atoms with Gasteiger partial charge < -0.3 is 19.5 Å². The molecule has 7 nitrogen and oxygen atoms in total. The lowest BCUT2D eigenvalue weighted by molar-refractivity contribution is -0.134. The van der Waals surface area contributed by atoms with Crippen molar-refractivity contribution in [1.29, 1.82) is 0 Å². The highest BCUT2D eigenvalue weighted by Crippen LogP contribution is 2.15. The van der Waals surface area contributed by atoms with Gasteiger partial charge in [-0.3, -0.25) is 9.59 Å². The minimum atomic E-state index is -0.0650. The van der Waals surface area contributed by atoms with E-state index in [1.165, 1.54) is 0 Å². The van der Waals surface area contributed by atoms with Crippen LogP contribution in [0.3, 0.4) is 0 Å². The van der Waals surface area contributed by atoms with E-state index < -0.39 is 0 Å². The van der Waals surface area contributed by atoms with E-state index in [9.17, 15) is 9.59 Å². The second-order valence-corrected chi connectivity index (χ2v) is 6.41. The number of hydrogen-bond acceptors (Lipinski definition) is 4. The number of hydrogen-bond donors (Lipinski definition) is 1. The van der Waals surface area contributed by atoms with E-state index in [1.807, 2.05) is 42.5 Å². The molecule has 2 amide bonds. The maximum atomic E-state index is 12.7. The monoisotopic (exact) mass is 364 g/mol. The summed E-state index contributed by atoms with van der Waals surface area (Å²) >= 11 is 0. The number of carbonyl (C=O) groups is 2. The predicted octanol–water partition coefficient (Wildman–Crippen LogP) is 1.93. The Balaban J connectivity index is 1.31. The van der Waals surface area contributed by atoms with E-state index in [4.69, 9.17) is 4.74 Å². The Labute approximate surface area is 156 Å². The molecule has 7 heteroatoms. The van der Waals surface area contributed by atoms with Gasteiger partial charge in [0.25, 0.3) is 11.8 Å².